The Bertz CT molecular complexity index is 313. The van der Waals surface area contributed by atoms with Crippen molar-refractivity contribution in [1.29, 1.82) is 0 Å². The maximum Gasteiger partial charge on any atom is 0.126 e. The second kappa shape index (κ2) is 5.04. The van der Waals surface area contributed by atoms with Crippen LogP contribution in [-0.2, 0) is 0 Å². The Morgan fingerprint density at radius 1 is 1.27 bits per heavy atom. The number of nitrogens with one attached hydrogen (secondary N) is 1. The first-order chi connectivity index (χ1) is 7.25. The van der Waals surface area contributed by atoms with Crippen LogP contribution in [0.1, 0.15) is 25.7 Å². The van der Waals surface area contributed by atoms with Crippen LogP contribution in [0.25, 0.3) is 0 Å². The van der Waals surface area contributed by atoms with Crippen molar-refractivity contribution >= 4 is 29.0 Å². The number of nitrogens with zero attached hydrogens (tertiary/aromatic N) is 1. The zero-order chi connectivity index (χ0) is 10.7. The van der Waals surface area contributed by atoms with Crippen molar-refractivity contribution in [2.45, 2.75) is 37.1 Å². The Morgan fingerprint density at radius 2 is 2.07 bits per heavy atom. The highest BCUT2D eigenvalue weighted by Crippen LogP contribution is 2.25. The van der Waals surface area contributed by atoms with E-state index in [0.29, 0.717) is 11.1 Å². The molecule has 0 spiro atoms. The van der Waals surface area contributed by atoms with Gasteiger partial charge in [0.05, 0.1) is 10.4 Å². The Morgan fingerprint density at radius 3 is 2.73 bits per heavy atom. The molecule has 1 aromatic rings. The molecule has 2 nitrogen and oxygen atoms in total. The second-order valence-corrected chi connectivity index (χ2v) is 4.91. The van der Waals surface area contributed by atoms with E-state index in [1.54, 1.807) is 6.20 Å². The quantitative estimate of drug-likeness (QED) is 0.803. The molecule has 82 valence electrons. The van der Waals surface area contributed by atoms with Crippen LogP contribution in [0.15, 0.2) is 18.3 Å². The molecule has 0 amide bonds. The summed E-state index contributed by atoms with van der Waals surface area (Å²) in [6.07, 6.45) is 6.34. The van der Waals surface area contributed by atoms with Crippen LogP contribution in [0.3, 0.4) is 0 Å². The smallest absolute Gasteiger partial charge is 0.126 e. The second-order valence-electron chi connectivity index (χ2n) is 3.91. The van der Waals surface area contributed by atoms with Crippen molar-refractivity contribution in [3.05, 3.63) is 23.4 Å². The van der Waals surface area contributed by atoms with Crippen molar-refractivity contribution in [3.8, 4) is 0 Å². The van der Waals surface area contributed by atoms with Crippen LogP contribution in [0, 0.1) is 0 Å². The summed E-state index contributed by atoms with van der Waals surface area (Å²) in [6.45, 7) is 0. The van der Waals surface area contributed by atoms with Crippen LogP contribution in [0.2, 0.25) is 5.02 Å². The fourth-order valence-electron chi connectivity index (χ4n) is 1.90. The number of alkyl halides is 1. The van der Waals surface area contributed by atoms with Gasteiger partial charge in [-0.2, -0.15) is 0 Å². The van der Waals surface area contributed by atoms with Gasteiger partial charge in [0.15, 0.2) is 0 Å². The molecule has 0 radical (unpaired) electrons. The van der Waals surface area contributed by atoms with Crippen molar-refractivity contribution in [2.24, 2.45) is 0 Å². The molecule has 0 aromatic carbocycles. The Balaban J connectivity index is 1.98. The molecular formula is C11H14Cl2N2. The number of rotatable bonds is 2. The number of pyridine rings is 1. The summed E-state index contributed by atoms with van der Waals surface area (Å²) in [4.78, 5) is 4.21. The predicted octanol–water partition coefficient (Wildman–Crippen LogP) is 3.70. The van der Waals surface area contributed by atoms with Gasteiger partial charge in [0, 0.05) is 12.2 Å². The lowest BCUT2D eigenvalue weighted by Crippen LogP contribution is -2.33. The molecule has 0 saturated heterocycles. The van der Waals surface area contributed by atoms with Gasteiger partial charge in [-0.25, -0.2) is 4.98 Å². The van der Waals surface area contributed by atoms with E-state index in [1.165, 1.54) is 12.8 Å². The molecule has 1 saturated carbocycles. The van der Waals surface area contributed by atoms with E-state index in [4.69, 9.17) is 23.2 Å². The van der Waals surface area contributed by atoms with E-state index < -0.39 is 0 Å². The molecule has 0 aliphatic heterocycles. The van der Waals surface area contributed by atoms with E-state index in [1.807, 2.05) is 12.1 Å². The van der Waals surface area contributed by atoms with E-state index in [0.717, 1.165) is 18.7 Å². The predicted molar refractivity (Wildman–Crippen MR) is 64.8 cm³/mol. The van der Waals surface area contributed by atoms with Crippen molar-refractivity contribution in [2.75, 3.05) is 5.32 Å². The standard InChI is InChI=1S/C11H14Cl2N2/c12-8-5-6-11(14-7-8)15-10-4-2-1-3-9(10)13/h5-7,9-10H,1-4H2,(H,14,15). The third-order valence-corrected chi connectivity index (χ3v) is 3.49. The van der Waals surface area contributed by atoms with Crippen LogP contribution in [0.4, 0.5) is 5.82 Å². The summed E-state index contributed by atoms with van der Waals surface area (Å²) in [7, 11) is 0. The summed E-state index contributed by atoms with van der Waals surface area (Å²) in [5.74, 6) is 0.858. The van der Waals surface area contributed by atoms with Gasteiger partial charge >= 0.3 is 0 Å². The molecule has 1 aliphatic rings. The Labute approximate surface area is 100.0 Å². The van der Waals surface area contributed by atoms with Gasteiger partial charge in [-0.05, 0) is 25.0 Å². The molecular weight excluding hydrogens is 231 g/mol. The molecule has 2 rings (SSSR count). The van der Waals surface area contributed by atoms with Crippen molar-refractivity contribution < 1.29 is 0 Å². The fraction of sp³-hybridized carbons (Fsp3) is 0.545. The Hall–Kier alpha value is -0.470. The molecule has 15 heavy (non-hydrogen) atoms. The first-order valence-corrected chi connectivity index (χ1v) is 6.09. The molecule has 1 heterocycles. The maximum atomic E-state index is 6.25. The topological polar surface area (TPSA) is 24.9 Å². The Kier molecular flexibility index (Phi) is 3.71. The van der Waals surface area contributed by atoms with Crippen LogP contribution in [-0.4, -0.2) is 16.4 Å². The lowest BCUT2D eigenvalue weighted by atomic mass is 9.95. The minimum atomic E-state index is 0.219. The largest absolute Gasteiger partial charge is 0.366 e. The maximum absolute atomic E-state index is 6.25. The van der Waals surface area contributed by atoms with E-state index in [9.17, 15) is 0 Å². The third-order valence-electron chi connectivity index (χ3n) is 2.74. The van der Waals surface area contributed by atoms with E-state index in [-0.39, 0.29) is 5.38 Å². The van der Waals surface area contributed by atoms with E-state index >= 15 is 0 Å². The van der Waals surface area contributed by atoms with Gasteiger partial charge in [0.25, 0.3) is 0 Å². The minimum Gasteiger partial charge on any atom is -0.366 e. The van der Waals surface area contributed by atoms with Crippen molar-refractivity contribution in [1.82, 2.24) is 4.98 Å². The highest BCUT2D eigenvalue weighted by Gasteiger charge is 2.22. The first kappa shape index (κ1) is 11.0. The van der Waals surface area contributed by atoms with Crippen molar-refractivity contribution in [3.63, 3.8) is 0 Å². The molecule has 1 N–H and O–H groups in total. The lowest BCUT2D eigenvalue weighted by Gasteiger charge is -2.28. The summed E-state index contributed by atoms with van der Waals surface area (Å²) < 4.78 is 0. The summed E-state index contributed by atoms with van der Waals surface area (Å²) in [5, 5.41) is 4.23. The van der Waals surface area contributed by atoms with Gasteiger partial charge in [-0.15, -0.1) is 11.6 Å². The summed E-state index contributed by atoms with van der Waals surface area (Å²) in [6, 6.07) is 4.07. The molecule has 2 unspecified atom stereocenters. The van der Waals surface area contributed by atoms with Crippen LogP contribution in [0.5, 0.6) is 0 Å². The molecule has 2 atom stereocenters. The average Bonchev–Trinajstić information content (AvgIpc) is 2.25. The molecule has 1 aromatic heterocycles. The van der Waals surface area contributed by atoms with Gasteiger partial charge in [-0.3, -0.25) is 0 Å². The van der Waals surface area contributed by atoms with Gasteiger partial charge in [0.2, 0.25) is 0 Å². The third kappa shape index (κ3) is 2.99. The SMILES string of the molecule is Clc1ccc(NC2CCCCC2Cl)nc1. The lowest BCUT2D eigenvalue weighted by molar-refractivity contribution is 0.468. The number of aromatic nitrogens is 1. The van der Waals surface area contributed by atoms with Gasteiger partial charge in [0.1, 0.15) is 5.82 Å². The summed E-state index contributed by atoms with van der Waals surface area (Å²) in [5.41, 5.74) is 0. The minimum absolute atomic E-state index is 0.219. The number of halogens is 2. The molecule has 1 aliphatic carbocycles. The van der Waals surface area contributed by atoms with Crippen LogP contribution < -0.4 is 5.32 Å². The van der Waals surface area contributed by atoms with Gasteiger partial charge < -0.3 is 5.32 Å². The monoisotopic (exact) mass is 244 g/mol. The fourth-order valence-corrected chi connectivity index (χ4v) is 2.35. The number of hydrogen-bond donors (Lipinski definition) is 1. The van der Waals surface area contributed by atoms with Gasteiger partial charge in [-0.1, -0.05) is 24.4 Å². The highest BCUT2D eigenvalue weighted by atomic mass is 35.5. The average molecular weight is 245 g/mol. The number of hydrogen-bond acceptors (Lipinski definition) is 2. The highest BCUT2D eigenvalue weighted by molar-refractivity contribution is 6.30. The number of anilines is 1. The normalized spacial score (nSPS) is 26.3. The zero-order valence-corrected chi connectivity index (χ0v) is 9.93. The molecule has 1 fully saturated rings. The van der Waals surface area contributed by atoms with E-state index in [2.05, 4.69) is 10.3 Å². The zero-order valence-electron chi connectivity index (χ0n) is 8.42. The first-order valence-electron chi connectivity index (χ1n) is 5.28. The molecule has 0 bridgehead atoms. The van der Waals surface area contributed by atoms with Crippen LogP contribution >= 0.6 is 23.2 Å². The molecule has 4 heteroatoms. The summed E-state index contributed by atoms with van der Waals surface area (Å²) >= 11 is 12.0.